The number of nitrogens with zero attached hydrogens (tertiary/aromatic N) is 1. The number of hydrogen-bond acceptors (Lipinski definition) is 2. The Kier molecular flexibility index (Phi) is 4.39. The molecule has 0 heterocycles. The molecule has 82 valence electrons. The van der Waals surface area contributed by atoms with E-state index >= 15 is 0 Å². The van der Waals surface area contributed by atoms with E-state index in [2.05, 4.69) is 6.92 Å². The van der Waals surface area contributed by atoms with Crippen molar-refractivity contribution in [2.45, 2.75) is 45.6 Å². The summed E-state index contributed by atoms with van der Waals surface area (Å²) in [6.45, 7) is 5.81. The Morgan fingerprint density at radius 3 is 2.57 bits per heavy atom. The van der Waals surface area contributed by atoms with Gasteiger partial charge < -0.3 is 10.6 Å². The van der Waals surface area contributed by atoms with E-state index in [1.165, 1.54) is 12.8 Å². The minimum atomic E-state index is -0.279. The van der Waals surface area contributed by atoms with Gasteiger partial charge in [-0.05, 0) is 32.1 Å². The predicted molar refractivity (Wildman–Crippen MR) is 57.9 cm³/mol. The zero-order valence-corrected chi connectivity index (χ0v) is 9.33. The van der Waals surface area contributed by atoms with Crippen molar-refractivity contribution in [1.82, 2.24) is 4.90 Å². The molecule has 1 fully saturated rings. The van der Waals surface area contributed by atoms with Gasteiger partial charge in [0.25, 0.3) is 0 Å². The highest BCUT2D eigenvalue weighted by atomic mass is 16.2. The van der Waals surface area contributed by atoms with Gasteiger partial charge in [-0.15, -0.1) is 0 Å². The molecule has 0 bridgehead atoms. The van der Waals surface area contributed by atoms with Gasteiger partial charge in [0, 0.05) is 13.1 Å². The summed E-state index contributed by atoms with van der Waals surface area (Å²) in [4.78, 5) is 13.7. The van der Waals surface area contributed by atoms with E-state index in [1.54, 1.807) is 0 Å². The van der Waals surface area contributed by atoms with Crippen molar-refractivity contribution < 1.29 is 4.79 Å². The van der Waals surface area contributed by atoms with Crippen LogP contribution in [-0.2, 0) is 4.79 Å². The molecule has 14 heavy (non-hydrogen) atoms. The van der Waals surface area contributed by atoms with Crippen LogP contribution in [0.4, 0.5) is 0 Å². The lowest BCUT2D eigenvalue weighted by molar-refractivity contribution is -0.132. The monoisotopic (exact) mass is 198 g/mol. The van der Waals surface area contributed by atoms with E-state index in [1.807, 2.05) is 11.8 Å². The van der Waals surface area contributed by atoms with Crippen LogP contribution in [0.25, 0.3) is 0 Å². The quantitative estimate of drug-likeness (QED) is 0.700. The molecule has 0 aromatic rings. The number of rotatable bonds is 6. The minimum Gasteiger partial charge on any atom is -0.341 e. The first-order valence-electron chi connectivity index (χ1n) is 5.73. The lowest BCUT2D eigenvalue weighted by Crippen LogP contribution is -2.44. The summed E-state index contributed by atoms with van der Waals surface area (Å²) < 4.78 is 0. The Bertz CT molecular complexity index is 190. The summed E-state index contributed by atoms with van der Waals surface area (Å²) in [5.41, 5.74) is 5.81. The van der Waals surface area contributed by atoms with Crippen LogP contribution in [0.2, 0.25) is 0 Å². The van der Waals surface area contributed by atoms with Crippen LogP contribution in [0.3, 0.4) is 0 Å². The van der Waals surface area contributed by atoms with Crippen molar-refractivity contribution in [3.8, 4) is 0 Å². The van der Waals surface area contributed by atoms with Crippen LogP contribution in [0.1, 0.15) is 39.5 Å². The van der Waals surface area contributed by atoms with Gasteiger partial charge in [-0.2, -0.15) is 0 Å². The number of amides is 1. The van der Waals surface area contributed by atoms with Crippen LogP contribution in [0.15, 0.2) is 0 Å². The third-order valence-electron chi connectivity index (χ3n) is 2.79. The van der Waals surface area contributed by atoms with Gasteiger partial charge in [0.15, 0.2) is 0 Å². The third kappa shape index (κ3) is 3.29. The smallest absolute Gasteiger partial charge is 0.239 e. The van der Waals surface area contributed by atoms with Gasteiger partial charge in [0.2, 0.25) is 5.91 Å². The Morgan fingerprint density at radius 2 is 2.14 bits per heavy atom. The largest absolute Gasteiger partial charge is 0.341 e. The van der Waals surface area contributed by atoms with Gasteiger partial charge in [-0.3, -0.25) is 4.79 Å². The first-order chi connectivity index (χ1) is 6.69. The SMILES string of the molecule is CCC[C@@H](N)C(=O)N(CC)CC1CC1. The van der Waals surface area contributed by atoms with Gasteiger partial charge in [-0.1, -0.05) is 13.3 Å². The maximum Gasteiger partial charge on any atom is 0.239 e. The Morgan fingerprint density at radius 1 is 1.50 bits per heavy atom. The summed E-state index contributed by atoms with van der Waals surface area (Å²) in [6.07, 6.45) is 4.35. The van der Waals surface area contributed by atoms with Crippen LogP contribution in [0, 0.1) is 5.92 Å². The molecule has 1 aliphatic rings. The maximum absolute atomic E-state index is 11.8. The fraction of sp³-hybridized carbons (Fsp3) is 0.909. The van der Waals surface area contributed by atoms with Crippen molar-refractivity contribution in [1.29, 1.82) is 0 Å². The van der Waals surface area contributed by atoms with Gasteiger partial charge >= 0.3 is 0 Å². The van der Waals surface area contributed by atoms with Crippen LogP contribution >= 0.6 is 0 Å². The van der Waals surface area contributed by atoms with Crippen LogP contribution in [-0.4, -0.2) is 29.9 Å². The Balaban J connectivity index is 2.36. The lowest BCUT2D eigenvalue weighted by atomic mass is 10.1. The second kappa shape index (κ2) is 5.35. The normalized spacial score (nSPS) is 17.9. The zero-order chi connectivity index (χ0) is 10.6. The van der Waals surface area contributed by atoms with E-state index < -0.39 is 0 Å². The molecule has 1 aliphatic carbocycles. The molecule has 0 saturated heterocycles. The van der Waals surface area contributed by atoms with Crippen molar-refractivity contribution in [2.75, 3.05) is 13.1 Å². The summed E-state index contributed by atoms with van der Waals surface area (Å²) in [7, 11) is 0. The van der Waals surface area contributed by atoms with E-state index in [4.69, 9.17) is 5.73 Å². The summed E-state index contributed by atoms with van der Waals surface area (Å²) in [5.74, 6) is 0.897. The first kappa shape index (κ1) is 11.5. The third-order valence-corrected chi connectivity index (χ3v) is 2.79. The molecule has 0 aliphatic heterocycles. The molecular formula is C11H22N2O. The number of nitrogens with two attached hydrogens (primary N) is 1. The topological polar surface area (TPSA) is 46.3 Å². The molecule has 0 unspecified atom stereocenters. The maximum atomic E-state index is 11.8. The molecule has 0 aromatic carbocycles. The number of carbonyl (C=O) groups excluding carboxylic acids is 1. The molecule has 1 saturated carbocycles. The van der Waals surface area contributed by atoms with Crippen molar-refractivity contribution in [2.24, 2.45) is 11.7 Å². The Labute approximate surface area is 86.6 Å². The van der Waals surface area contributed by atoms with E-state index in [0.717, 1.165) is 31.8 Å². The highest BCUT2D eigenvalue weighted by Crippen LogP contribution is 2.29. The second-order valence-electron chi connectivity index (χ2n) is 4.22. The lowest BCUT2D eigenvalue weighted by Gasteiger charge is -2.24. The molecule has 3 heteroatoms. The van der Waals surface area contributed by atoms with E-state index in [9.17, 15) is 4.79 Å². The van der Waals surface area contributed by atoms with Gasteiger partial charge in [0.05, 0.1) is 6.04 Å². The van der Waals surface area contributed by atoms with Gasteiger partial charge in [-0.25, -0.2) is 0 Å². The molecule has 0 spiro atoms. The van der Waals surface area contributed by atoms with Crippen molar-refractivity contribution in [3.05, 3.63) is 0 Å². The fourth-order valence-electron chi connectivity index (χ4n) is 1.66. The number of carbonyl (C=O) groups is 1. The van der Waals surface area contributed by atoms with E-state index in [-0.39, 0.29) is 11.9 Å². The zero-order valence-electron chi connectivity index (χ0n) is 9.33. The summed E-state index contributed by atoms with van der Waals surface area (Å²) >= 11 is 0. The molecule has 0 radical (unpaired) electrons. The summed E-state index contributed by atoms with van der Waals surface area (Å²) in [6, 6.07) is -0.279. The van der Waals surface area contributed by atoms with Crippen LogP contribution in [0.5, 0.6) is 0 Å². The molecule has 2 N–H and O–H groups in total. The average molecular weight is 198 g/mol. The summed E-state index contributed by atoms with van der Waals surface area (Å²) in [5, 5.41) is 0. The highest BCUT2D eigenvalue weighted by molar-refractivity contribution is 5.81. The molecule has 1 amide bonds. The molecular weight excluding hydrogens is 176 g/mol. The Hall–Kier alpha value is -0.570. The van der Waals surface area contributed by atoms with Crippen LogP contribution < -0.4 is 5.73 Å². The molecule has 3 nitrogen and oxygen atoms in total. The molecule has 1 atom stereocenters. The highest BCUT2D eigenvalue weighted by Gasteiger charge is 2.27. The fourth-order valence-corrected chi connectivity index (χ4v) is 1.66. The predicted octanol–water partition coefficient (Wildman–Crippen LogP) is 1.37. The number of hydrogen-bond donors (Lipinski definition) is 1. The minimum absolute atomic E-state index is 0.140. The number of likely N-dealkylation sites (N-methyl/N-ethyl adjacent to an activating group) is 1. The first-order valence-corrected chi connectivity index (χ1v) is 5.73. The average Bonchev–Trinajstić information content (AvgIpc) is 2.97. The van der Waals surface area contributed by atoms with Crippen molar-refractivity contribution in [3.63, 3.8) is 0 Å². The van der Waals surface area contributed by atoms with Crippen molar-refractivity contribution >= 4 is 5.91 Å². The standard InChI is InChI=1S/C11H22N2O/c1-3-5-10(12)11(14)13(4-2)8-9-6-7-9/h9-10H,3-8,12H2,1-2H3/t10-/m1/s1. The van der Waals surface area contributed by atoms with Gasteiger partial charge in [0.1, 0.15) is 0 Å². The second-order valence-corrected chi connectivity index (χ2v) is 4.22. The molecule has 1 rings (SSSR count). The molecule has 0 aromatic heterocycles. The van der Waals surface area contributed by atoms with E-state index in [0.29, 0.717) is 0 Å².